The Labute approximate surface area is 115 Å². The summed E-state index contributed by atoms with van der Waals surface area (Å²) in [6.45, 7) is 8.04. The monoisotopic (exact) mass is 264 g/mol. The molecule has 0 aliphatic carbocycles. The van der Waals surface area contributed by atoms with E-state index in [0.717, 1.165) is 45.0 Å². The summed E-state index contributed by atoms with van der Waals surface area (Å²) in [4.78, 5) is 15.6. The van der Waals surface area contributed by atoms with Gasteiger partial charge in [0.1, 0.15) is 0 Å². The van der Waals surface area contributed by atoms with E-state index in [1.54, 1.807) is 0 Å². The van der Waals surface area contributed by atoms with Crippen LogP contribution in [-0.2, 0) is 0 Å². The smallest absolute Gasteiger partial charge is 0.231 e. The lowest BCUT2D eigenvalue weighted by atomic mass is 10.3. The molecular weight excluding hydrogens is 240 g/mol. The highest BCUT2D eigenvalue weighted by Crippen LogP contribution is 2.18. The Morgan fingerprint density at radius 1 is 1.00 bits per heavy atom. The van der Waals surface area contributed by atoms with E-state index < -0.39 is 0 Å². The van der Waals surface area contributed by atoms with Crippen LogP contribution in [-0.4, -0.2) is 41.1 Å². The summed E-state index contributed by atoms with van der Waals surface area (Å²) in [5.74, 6) is 2.14. The molecule has 1 aliphatic rings. The van der Waals surface area contributed by atoms with Crippen molar-refractivity contribution in [2.24, 2.45) is 0 Å². The first-order valence-electron chi connectivity index (χ1n) is 7.32. The molecule has 6 heteroatoms. The lowest BCUT2D eigenvalue weighted by Crippen LogP contribution is -2.22. The van der Waals surface area contributed by atoms with Crippen molar-refractivity contribution in [3.8, 4) is 0 Å². The molecule has 0 radical (unpaired) electrons. The van der Waals surface area contributed by atoms with Gasteiger partial charge >= 0.3 is 0 Å². The van der Waals surface area contributed by atoms with Crippen LogP contribution in [0, 0.1) is 0 Å². The quantitative estimate of drug-likeness (QED) is 0.735. The number of hydrogen-bond acceptors (Lipinski definition) is 6. The predicted octanol–water partition coefficient (Wildman–Crippen LogP) is 2.12. The van der Waals surface area contributed by atoms with Crippen LogP contribution in [0.4, 0.5) is 17.8 Å². The summed E-state index contributed by atoms with van der Waals surface area (Å²) in [6, 6.07) is 0. The average Bonchev–Trinajstić information content (AvgIpc) is 2.93. The van der Waals surface area contributed by atoms with Gasteiger partial charge in [0.05, 0.1) is 0 Å². The molecule has 1 aliphatic heterocycles. The molecule has 0 unspecified atom stereocenters. The summed E-state index contributed by atoms with van der Waals surface area (Å²) < 4.78 is 0. The van der Waals surface area contributed by atoms with Gasteiger partial charge in [0.25, 0.3) is 0 Å². The van der Waals surface area contributed by atoms with E-state index in [0.29, 0.717) is 11.9 Å². The van der Waals surface area contributed by atoms with Gasteiger partial charge in [0.15, 0.2) is 0 Å². The van der Waals surface area contributed by atoms with Crippen LogP contribution in [0.2, 0.25) is 0 Å². The van der Waals surface area contributed by atoms with E-state index >= 15 is 0 Å². The molecule has 1 saturated heterocycles. The zero-order valence-electron chi connectivity index (χ0n) is 11.9. The van der Waals surface area contributed by atoms with Crippen LogP contribution in [0.25, 0.3) is 0 Å². The van der Waals surface area contributed by atoms with Crippen LogP contribution in [0.5, 0.6) is 0 Å². The maximum Gasteiger partial charge on any atom is 0.231 e. The van der Waals surface area contributed by atoms with E-state index in [-0.39, 0.29) is 0 Å². The topological polar surface area (TPSA) is 66.0 Å². The third-order valence-corrected chi connectivity index (χ3v) is 3.16. The minimum atomic E-state index is 0.665. The van der Waals surface area contributed by atoms with E-state index in [1.165, 1.54) is 12.8 Å². The first kappa shape index (κ1) is 13.8. The fraction of sp³-hybridized carbons (Fsp3) is 0.769. The fourth-order valence-electron chi connectivity index (χ4n) is 2.12. The van der Waals surface area contributed by atoms with E-state index in [4.69, 9.17) is 0 Å². The zero-order chi connectivity index (χ0) is 13.5. The molecule has 1 aromatic rings. The highest BCUT2D eigenvalue weighted by molar-refractivity contribution is 5.44. The van der Waals surface area contributed by atoms with Crippen LogP contribution in [0.1, 0.15) is 39.5 Å². The number of anilines is 3. The Hall–Kier alpha value is -1.59. The van der Waals surface area contributed by atoms with Gasteiger partial charge in [-0.2, -0.15) is 15.0 Å². The largest absolute Gasteiger partial charge is 0.354 e. The van der Waals surface area contributed by atoms with Crippen molar-refractivity contribution in [3.05, 3.63) is 0 Å². The van der Waals surface area contributed by atoms with Gasteiger partial charge in [-0.25, -0.2) is 0 Å². The van der Waals surface area contributed by atoms with Crippen LogP contribution < -0.4 is 15.5 Å². The molecule has 1 aromatic heterocycles. The van der Waals surface area contributed by atoms with Crippen molar-refractivity contribution in [2.45, 2.75) is 39.5 Å². The number of unbranched alkanes of at least 4 members (excludes halogenated alkanes) is 1. The fourth-order valence-corrected chi connectivity index (χ4v) is 2.12. The SMILES string of the molecule is CCCCNc1nc(NCC)nc(N2CCCC2)n1. The minimum absolute atomic E-state index is 0.665. The van der Waals surface area contributed by atoms with Crippen molar-refractivity contribution < 1.29 is 0 Å². The summed E-state index contributed by atoms with van der Waals surface area (Å²) in [6.07, 6.45) is 4.74. The predicted molar refractivity (Wildman–Crippen MR) is 78.8 cm³/mol. The molecule has 2 rings (SSSR count). The Morgan fingerprint density at radius 2 is 1.68 bits per heavy atom. The van der Waals surface area contributed by atoms with Gasteiger partial charge in [-0.3, -0.25) is 0 Å². The Bertz CT molecular complexity index is 389. The third-order valence-electron chi connectivity index (χ3n) is 3.16. The van der Waals surface area contributed by atoms with Gasteiger partial charge < -0.3 is 15.5 Å². The van der Waals surface area contributed by atoms with Crippen LogP contribution in [0.3, 0.4) is 0 Å². The maximum atomic E-state index is 4.52. The number of rotatable bonds is 7. The molecule has 1 fully saturated rings. The van der Waals surface area contributed by atoms with E-state index in [2.05, 4.69) is 37.4 Å². The molecule has 0 bridgehead atoms. The van der Waals surface area contributed by atoms with Crippen molar-refractivity contribution in [1.29, 1.82) is 0 Å². The molecule has 0 spiro atoms. The standard InChI is InChI=1S/C13H24N6/c1-3-5-8-15-12-16-11(14-4-2)17-13(18-12)19-9-6-7-10-19/h3-10H2,1-2H3,(H2,14,15,16,17,18). The molecule has 0 aromatic carbocycles. The number of hydrogen-bond donors (Lipinski definition) is 2. The second-order valence-corrected chi connectivity index (χ2v) is 4.79. The molecule has 2 heterocycles. The molecule has 0 atom stereocenters. The van der Waals surface area contributed by atoms with Gasteiger partial charge in [-0.05, 0) is 26.2 Å². The molecule has 0 saturated carbocycles. The normalized spacial score (nSPS) is 14.7. The number of nitrogens with one attached hydrogen (secondary N) is 2. The summed E-state index contributed by atoms with van der Waals surface area (Å²) in [7, 11) is 0. The lowest BCUT2D eigenvalue weighted by Gasteiger charge is -2.17. The van der Waals surface area contributed by atoms with Crippen molar-refractivity contribution in [1.82, 2.24) is 15.0 Å². The summed E-state index contributed by atoms with van der Waals surface area (Å²) >= 11 is 0. The zero-order valence-corrected chi connectivity index (χ0v) is 11.9. The molecule has 106 valence electrons. The van der Waals surface area contributed by atoms with Gasteiger partial charge in [-0.1, -0.05) is 13.3 Å². The Kier molecular flexibility index (Phi) is 5.18. The van der Waals surface area contributed by atoms with Crippen molar-refractivity contribution in [3.63, 3.8) is 0 Å². The second-order valence-electron chi connectivity index (χ2n) is 4.79. The van der Waals surface area contributed by atoms with Crippen LogP contribution in [0.15, 0.2) is 0 Å². The second kappa shape index (κ2) is 7.11. The Morgan fingerprint density at radius 3 is 2.32 bits per heavy atom. The molecule has 6 nitrogen and oxygen atoms in total. The average molecular weight is 264 g/mol. The van der Waals surface area contributed by atoms with Crippen molar-refractivity contribution >= 4 is 17.8 Å². The van der Waals surface area contributed by atoms with Crippen LogP contribution >= 0.6 is 0 Å². The van der Waals surface area contributed by atoms with Gasteiger partial charge in [0, 0.05) is 26.2 Å². The number of aromatic nitrogens is 3. The van der Waals surface area contributed by atoms with Crippen molar-refractivity contribution in [2.75, 3.05) is 41.7 Å². The first-order chi connectivity index (χ1) is 9.33. The maximum absolute atomic E-state index is 4.52. The van der Waals surface area contributed by atoms with Gasteiger partial charge in [0.2, 0.25) is 17.8 Å². The summed E-state index contributed by atoms with van der Waals surface area (Å²) in [5.41, 5.74) is 0. The highest BCUT2D eigenvalue weighted by atomic mass is 15.3. The van der Waals surface area contributed by atoms with E-state index in [1.807, 2.05) is 6.92 Å². The molecule has 0 amide bonds. The molecule has 2 N–H and O–H groups in total. The first-order valence-corrected chi connectivity index (χ1v) is 7.32. The van der Waals surface area contributed by atoms with Gasteiger partial charge in [-0.15, -0.1) is 0 Å². The molecule has 19 heavy (non-hydrogen) atoms. The highest BCUT2D eigenvalue weighted by Gasteiger charge is 2.17. The third kappa shape index (κ3) is 3.94. The molecular formula is C13H24N6. The lowest BCUT2D eigenvalue weighted by molar-refractivity contribution is 0.818. The Balaban J connectivity index is 2.11. The van der Waals surface area contributed by atoms with E-state index in [9.17, 15) is 0 Å². The summed E-state index contributed by atoms with van der Waals surface area (Å²) in [5, 5.41) is 6.45. The minimum Gasteiger partial charge on any atom is -0.354 e. The number of nitrogens with zero attached hydrogens (tertiary/aromatic N) is 4.